The number of nitriles is 1. The van der Waals surface area contributed by atoms with Crippen LogP contribution in [0.5, 0.6) is 0 Å². The topological polar surface area (TPSA) is 95.3 Å². The van der Waals surface area contributed by atoms with Crippen molar-refractivity contribution in [2.75, 3.05) is 13.1 Å². The Morgan fingerprint density at radius 2 is 1.96 bits per heavy atom. The van der Waals surface area contributed by atoms with Crippen LogP contribution in [0, 0.1) is 18.3 Å². The third kappa shape index (κ3) is 4.92. The summed E-state index contributed by atoms with van der Waals surface area (Å²) in [5.74, 6) is -0.330. The average Bonchev–Trinajstić information content (AvgIpc) is 2.53. The van der Waals surface area contributed by atoms with Gasteiger partial charge in [0.05, 0.1) is 11.6 Å². The van der Waals surface area contributed by atoms with Crippen molar-refractivity contribution in [1.29, 1.82) is 5.26 Å². The van der Waals surface area contributed by atoms with Crippen LogP contribution in [0.15, 0.2) is 18.5 Å². The van der Waals surface area contributed by atoms with E-state index in [1.165, 1.54) is 6.20 Å². The lowest BCUT2D eigenvalue weighted by Gasteiger charge is -2.38. The van der Waals surface area contributed by atoms with Gasteiger partial charge >= 0.3 is 6.09 Å². The SMILES string of the molecule is Cc1cncc(C(=O)NC2(C#N)CCN(C(=O)OC(C)(C)C)CC2)c1. The summed E-state index contributed by atoms with van der Waals surface area (Å²) in [5, 5.41) is 12.4. The van der Waals surface area contributed by atoms with Gasteiger partial charge < -0.3 is 15.0 Å². The second kappa shape index (κ2) is 7.09. The molecule has 0 unspecified atom stereocenters. The van der Waals surface area contributed by atoms with Gasteiger partial charge in [-0.15, -0.1) is 0 Å². The molecule has 1 aromatic heterocycles. The van der Waals surface area contributed by atoms with Gasteiger partial charge in [0.15, 0.2) is 0 Å². The molecular formula is C18H24N4O3. The van der Waals surface area contributed by atoms with Crippen LogP contribution in [0.4, 0.5) is 4.79 Å². The maximum atomic E-state index is 12.4. The Kier molecular flexibility index (Phi) is 5.31. The molecule has 25 heavy (non-hydrogen) atoms. The lowest BCUT2D eigenvalue weighted by atomic mass is 9.88. The van der Waals surface area contributed by atoms with Crippen LogP contribution >= 0.6 is 0 Å². The summed E-state index contributed by atoms with van der Waals surface area (Å²) in [6.07, 6.45) is 3.45. The first-order valence-corrected chi connectivity index (χ1v) is 8.27. The molecule has 1 fully saturated rings. The summed E-state index contributed by atoms with van der Waals surface area (Å²) >= 11 is 0. The largest absolute Gasteiger partial charge is 0.444 e. The maximum absolute atomic E-state index is 12.4. The second-order valence-electron chi connectivity index (χ2n) is 7.37. The fraction of sp³-hybridized carbons (Fsp3) is 0.556. The minimum Gasteiger partial charge on any atom is -0.444 e. The monoisotopic (exact) mass is 344 g/mol. The number of carbonyl (C=O) groups excluding carboxylic acids is 2. The number of rotatable bonds is 2. The predicted molar refractivity (Wildman–Crippen MR) is 91.8 cm³/mol. The highest BCUT2D eigenvalue weighted by atomic mass is 16.6. The molecule has 2 amide bonds. The van der Waals surface area contributed by atoms with E-state index < -0.39 is 17.2 Å². The molecule has 7 heteroatoms. The van der Waals surface area contributed by atoms with E-state index in [2.05, 4.69) is 16.4 Å². The quantitative estimate of drug-likeness (QED) is 0.889. The number of hydrogen-bond acceptors (Lipinski definition) is 5. The molecule has 0 atom stereocenters. The van der Waals surface area contributed by atoms with E-state index >= 15 is 0 Å². The van der Waals surface area contributed by atoms with Crippen molar-refractivity contribution in [2.45, 2.75) is 51.7 Å². The number of nitrogens with zero attached hydrogens (tertiary/aromatic N) is 3. The number of amides is 2. The number of carbonyl (C=O) groups is 2. The number of pyridine rings is 1. The van der Waals surface area contributed by atoms with Crippen molar-refractivity contribution in [1.82, 2.24) is 15.2 Å². The van der Waals surface area contributed by atoms with Gasteiger partial charge in [0, 0.05) is 38.3 Å². The Labute approximate surface area is 148 Å². The van der Waals surface area contributed by atoms with Crippen molar-refractivity contribution >= 4 is 12.0 Å². The summed E-state index contributed by atoms with van der Waals surface area (Å²) < 4.78 is 5.35. The van der Waals surface area contributed by atoms with Crippen molar-refractivity contribution in [3.8, 4) is 6.07 Å². The number of likely N-dealkylation sites (tertiary alicyclic amines) is 1. The van der Waals surface area contributed by atoms with Gasteiger partial charge in [-0.1, -0.05) is 0 Å². The third-order valence-corrected chi connectivity index (χ3v) is 3.97. The lowest BCUT2D eigenvalue weighted by molar-refractivity contribution is 0.0177. The number of hydrogen-bond donors (Lipinski definition) is 1. The van der Waals surface area contributed by atoms with Gasteiger partial charge in [0.2, 0.25) is 0 Å². The summed E-state index contributed by atoms with van der Waals surface area (Å²) in [6.45, 7) is 7.99. The molecule has 0 aromatic carbocycles. The molecule has 0 aliphatic carbocycles. The van der Waals surface area contributed by atoms with Crippen molar-refractivity contribution in [2.24, 2.45) is 0 Å². The summed E-state index contributed by atoms with van der Waals surface area (Å²) in [4.78, 5) is 30.1. The van der Waals surface area contributed by atoms with Gasteiger partial charge in [0.1, 0.15) is 11.1 Å². The number of nitrogens with one attached hydrogen (secondary N) is 1. The van der Waals surface area contributed by atoms with Gasteiger partial charge in [-0.05, 0) is 39.3 Å². The van der Waals surface area contributed by atoms with E-state index in [-0.39, 0.29) is 5.91 Å². The highest BCUT2D eigenvalue weighted by Gasteiger charge is 2.38. The van der Waals surface area contributed by atoms with Crippen LogP contribution in [-0.4, -0.2) is 46.1 Å². The van der Waals surface area contributed by atoms with E-state index in [0.717, 1.165) is 5.56 Å². The normalized spacial score (nSPS) is 16.7. The maximum Gasteiger partial charge on any atom is 0.410 e. The Bertz CT molecular complexity index is 695. The Balaban J connectivity index is 2.00. The Morgan fingerprint density at radius 1 is 1.32 bits per heavy atom. The van der Waals surface area contributed by atoms with E-state index in [1.54, 1.807) is 17.2 Å². The Hall–Kier alpha value is -2.62. The highest BCUT2D eigenvalue weighted by molar-refractivity contribution is 5.94. The van der Waals surface area contributed by atoms with Gasteiger partial charge in [-0.2, -0.15) is 5.26 Å². The van der Waals surface area contributed by atoms with Gasteiger partial charge in [-0.3, -0.25) is 9.78 Å². The van der Waals surface area contributed by atoms with Crippen molar-refractivity contribution < 1.29 is 14.3 Å². The number of aryl methyl sites for hydroxylation is 1. The molecule has 134 valence electrons. The summed E-state index contributed by atoms with van der Waals surface area (Å²) in [6, 6.07) is 3.93. The molecule has 2 rings (SSSR count). The van der Waals surface area contributed by atoms with Crippen molar-refractivity contribution in [3.63, 3.8) is 0 Å². The van der Waals surface area contributed by atoms with E-state index in [9.17, 15) is 14.9 Å². The van der Waals surface area contributed by atoms with Crippen molar-refractivity contribution in [3.05, 3.63) is 29.6 Å². The zero-order valence-electron chi connectivity index (χ0n) is 15.1. The van der Waals surface area contributed by atoms with Crippen LogP contribution in [0.2, 0.25) is 0 Å². The lowest BCUT2D eigenvalue weighted by Crippen LogP contribution is -2.55. The van der Waals surface area contributed by atoms with Crippen LogP contribution in [0.25, 0.3) is 0 Å². The van der Waals surface area contributed by atoms with Crippen LogP contribution in [-0.2, 0) is 4.74 Å². The fourth-order valence-electron chi connectivity index (χ4n) is 2.63. The predicted octanol–water partition coefficient (Wildman–Crippen LogP) is 2.41. The van der Waals surface area contributed by atoms with Crippen LogP contribution in [0.1, 0.15) is 49.5 Å². The zero-order valence-corrected chi connectivity index (χ0v) is 15.1. The van der Waals surface area contributed by atoms with E-state index in [1.807, 2.05) is 27.7 Å². The fourth-order valence-corrected chi connectivity index (χ4v) is 2.63. The van der Waals surface area contributed by atoms with E-state index in [4.69, 9.17) is 4.74 Å². The molecular weight excluding hydrogens is 320 g/mol. The first-order chi connectivity index (χ1) is 11.6. The molecule has 0 spiro atoms. The molecule has 7 nitrogen and oxygen atoms in total. The average molecular weight is 344 g/mol. The van der Waals surface area contributed by atoms with E-state index in [0.29, 0.717) is 31.5 Å². The summed E-state index contributed by atoms with van der Waals surface area (Å²) in [5.41, 5.74) is -0.255. The molecule has 1 N–H and O–H groups in total. The molecule has 2 heterocycles. The molecule has 1 aliphatic rings. The smallest absolute Gasteiger partial charge is 0.410 e. The first-order valence-electron chi connectivity index (χ1n) is 8.27. The van der Waals surface area contributed by atoms with Gasteiger partial charge in [-0.25, -0.2) is 4.79 Å². The molecule has 1 aliphatic heterocycles. The number of aromatic nitrogens is 1. The molecule has 0 bridgehead atoms. The highest BCUT2D eigenvalue weighted by Crippen LogP contribution is 2.24. The van der Waals surface area contributed by atoms with Crippen LogP contribution < -0.4 is 5.32 Å². The van der Waals surface area contributed by atoms with Crippen LogP contribution in [0.3, 0.4) is 0 Å². The molecule has 0 saturated carbocycles. The minimum atomic E-state index is -0.987. The third-order valence-electron chi connectivity index (χ3n) is 3.97. The summed E-state index contributed by atoms with van der Waals surface area (Å²) in [7, 11) is 0. The number of piperidine rings is 1. The second-order valence-corrected chi connectivity index (χ2v) is 7.37. The minimum absolute atomic E-state index is 0.330. The molecule has 1 saturated heterocycles. The molecule has 0 radical (unpaired) electrons. The van der Waals surface area contributed by atoms with Gasteiger partial charge in [0.25, 0.3) is 5.91 Å². The number of ether oxygens (including phenoxy) is 1. The zero-order chi connectivity index (χ0) is 18.7. The first kappa shape index (κ1) is 18.7. The standard InChI is InChI=1S/C18H24N4O3/c1-13-9-14(11-20-10-13)15(23)21-18(12-19)5-7-22(8-6-18)16(24)25-17(2,3)4/h9-11H,5-8H2,1-4H3,(H,21,23). The Morgan fingerprint density at radius 3 is 2.48 bits per heavy atom. The molecule has 1 aromatic rings.